The van der Waals surface area contributed by atoms with E-state index in [1.54, 1.807) is 7.96 Å². The summed E-state index contributed by atoms with van der Waals surface area (Å²) in [5.41, 5.74) is 0. The Bertz CT molecular complexity index is 133. The van der Waals surface area contributed by atoms with Crippen LogP contribution in [0.15, 0.2) is 0 Å². The van der Waals surface area contributed by atoms with Gasteiger partial charge in [-0.2, -0.15) is 0 Å². The average molecular weight is 320 g/mol. The zero-order valence-corrected chi connectivity index (χ0v) is 16.8. The van der Waals surface area contributed by atoms with E-state index in [1.165, 1.54) is 0 Å². The van der Waals surface area contributed by atoms with Gasteiger partial charge in [-0.15, -0.1) is 35.7 Å². The van der Waals surface area contributed by atoms with E-state index in [-0.39, 0.29) is 40.1 Å². The predicted octanol–water partition coefficient (Wildman–Crippen LogP) is 3.09. The number of hydrogen-bond donors (Lipinski definition) is 0. The SMILES string of the molecule is CC(C)(C)P(P)P(P)[P-]P(P)P.[Li+]. The van der Waals surface area contributed by atoms with Crippen molar-refractivity contribution < 1.29 is 18.9 Å². The standard InChI is InChI=1S/C4H17P8.Li/c1-4(2,3)10(5)12(8)9-11(6)7;/h5-8H2,1-3H3;/q-1;+1. The molecule has 0 aliphatic rings. The summed E-state index contributed by atoms with van der Waals surface area (Å²) in [5.74, 6) is 0. The average Bonchev–Trinajstić information content (AvgIpc) is 1.82. The molecule has 74 valence electrons. The van der Waals surface area contributed by atoms with Crippen molar-refractivity contribution in [2.45, 2.75) is 25.9 Å². The van der Waals surface area contributed by atoms with Crippen molar-refractivity contribution in [2.75, 3.05) is 0 Å². The molecule has 13 heavy (non-hydrogen) atoms. The Kier molecular flexibility index (Phi) is 13.5. The Morgan fingerprint density at radius 1 is 1.00 bits per heavy atom. The third-order valence-corrected chi connectivity index (χ3v) is 34.3. The van der Waals surface area contributed by atoms with Crippen LogP contribution >= 0.6 is 64.9 Å². The Labute approximate surface area is 109 Å². The van der Waals surface area contributed by atoms with Gasteiger partial charge in [0.15, 0.2) is 0 Å². The summed E-state index contributed by atoms with van der Waals surface area (Å²) in [6, 6.07) is 0. The van der Waals surface area contributed by atoms with Gasteiger partial charge in [-0.25, -0.2) is 14.0 Å². The molecule has 0 rings (SSSR count). The third kappa shape index (κ3) is 9.71. The first-order chi connectivity index (χ1) is 5.25. The second kappa shape index (κ2) is 9.03. The number of hydrogen-bond acceptors (Lipinski definition) is 0. The van der Waals surface area contributed by atoms with Gasteiger partial charge >= 0.3 is 18.9 Å². The quantitative estimate of drug-likeness (QED) is 0.554. The van der Waals surface area contributed by atoms with Crippen LogP contribution < -0.4 is 18.9 Å². The minimum absolute atomic E-state index is 0. The van der Waals surface area contributed by atoms with Crippen LogP contribution in [-0.4, -0.2) is 5.16 Å². The number of rotatable bonds is 3. The molecule has 0 heterocycles. The topological polar surface area (TPSA) is 0 Å². The molecule has 0 aromatic rings. The van der Waals surface area contributed by atoms with E-state index in [4.69, 9.17) is 0 Å². The van der Waals surface area contributed by atoms with Crippen LogP contribution in [0.4, 0.5) is 0 Å². The van der Waals surface area contributed by atoms with Crippen molar-refractivity contribution in [1.29, 1.82) is 0 Å². The van der Waals surface area contributed by atoms with Crippen LogP contribution in [0.1, 0.15) is 20.8 Å². The Balaban J connectivity index is 0. The molecule has 0 aromatic heterocycles. The van der Waals surface area contributed by atoms with Crippen molar-refractivity contribution in [3.05, 3.63) is 0 Å². The van der Waals surface area contributed by atoms with Gasteiger partial charge in [0.1, 0.15) is 0 Å². The van der Waals surface area contributed by atoms with Gasteiger partial charge in [0.05, 0.1) is 0 Å². The maximum absolute atomic E-state index is 3.07. The molecule has 0 saturated heterocycles. The van der Waals surface area contributed by atoms with Crippen LogP contribution in [0.25, 0.3) is 0 Å². The molecule has 6 atom stereocenters. The molecule has 6 unspecified atom stereocenters. The third-order valence-electron chi connectivity index (χ3n) is 1.10. The van der Waals surface area contributed by atoms with E-state index in [0.29, 0.717) is 5.16 Å². The molecule has 0 saturated carbocycles. The van der Waals surface area contributed by atoms with E-state index >= 15 is 0 Å². The minimum Gasteiger partial charge on any atom is -0.458 e. The molecular formula is C4H17LiP8. The maximum Gasteiger partial charge on any atom is 1.00 e. The van der Waals surface area contributed by atoms with E-state index in [9.17, 15) is 0 Å². The monoisotopic (exact) mass is 320 g/mol. The van der Waals surface area contributed by atoms with Crippen molar-refractivity contribution in [3.63, 3.8) is 0 Å². The summed E-state index contributed by atoms with van der Waals surface area (Å²) in [7, 11) is 13.7. The van der Waals surface area contributed by atoms with Gasteiger partial charge in [-0.1, -0.05) is 28.1 Å². The van der Waals surface area contributed by atoms with Gasteiger partial charge in [0, 0.05) is 0 Å². The van der Waals surface area contributed by atoms with Gasteiger partial charge in [-0.05, 0) is 5.16 Å². The second-order valence-corrected chi connectivity index (χ2v) is 30.0. The molecule has 0 amide bonds. The molecule has 0 fully saturated rings. The van der Waals surface area contributed by atoms with Gasteiger partial charge in [0.2, 0.25) is 0 Å². The summed E-state index contributed by atoms with van der Waals surface area (Å²) in [6.07, 6.45) is 0. The Morgan fingerprint density at radius 3 is 1.62 bits per heavy atom. The molecule has 0 radical (unpaired) electrons. The largest absolute Gasteiger partial charge is 1.00 e. The molecule has 0 aliphatic heterocycles. The van der Waals surface area contributed by atoms with Gasteiger partial charge in [-0.3, -0.25) is 0 Å². The normalized spacial score (nSPS) is 17.5. The molecular weight excluding hydrogens is 303 g/mol. The molecule has 0 nitrogen and oxygen atoms in total. The van der Waals surface area contributed by atoms with Gasteiger partial charge < -0.3 is 7.96 Å². The van der Waals surface area contributed by atoms with E-state index in [0.717, 1.165) is 0 Å². The second-order valence-electron chi connectivity index (χ2n) is 3.31. The summed E-state index contributed by atoms with van der Waals surface area (Å²) in [4.78, 5) is 0. The van der Waals surface area contributed by atoms with Crippen molar-refractivity contribution in [2.24, 2.45) is 0 Å². The van der Waals surface area contributed by atoms with Crippen LogP contribution in [0.3, 0.4) is 0 Å². The first-order valence-corrected chi connectivity index (χ1v) is 16.9. The first kappa shape index (κ1) is 19.4. The van der Waals surface area contributed by atoms with Crippen LogP contribution in [-0.2, 0) is 0 Å². The maximum atomic E-state index is 3.07. The first-order valence-electron chi connectivity index (χ1n) is 3.36. The van der Waals surface area contributed by atoms with Crippen molar-refractivity contribution in [1.82, 2.24) is 0 Å². The summed E-state index contributed by atoms with van der Waals surface area (Å²) < 4.78 is 0. The van der Waals surface area contributed by atoms with Crippen LogP contribution in [0.2, 0.25) is 0 Å². The van der Waals surface area contributed by atoms with Gasteiger partial charge in [0.25, 0.3) is 0 Å². The Morgan fingerprint density at radius 2 is 1.38 bits per heavy atom. The van der Waals surface area contributed by atoms with Crippen LogP contribution in [0.5, 0.6) is 0 Å². The van der Waals surface area contributed by atoms with Crippen LogP contribution in [0, 0.1) is 0 Å². The zero-order valence-electron chi connectivity index (χ0n) is 8.60. The smallest absolute Gasteiger partial charge is 0.458 e. The molecule has 0 aromatic carbocycles. The fourth-order valence-electron chi connectivity index (χ4n) is 0.456. The molecule has 0 N–H and O–H groups in total. The molecule has 0 spiro atoms. The Hall–Kier alpha value is 4.04. The molecule has 9 heteroatoms. The fraction of sp³-hybridized carbons (Fsp3) is 1.00. The minimum atomic E-state index is 0. The van der Waals surface area contributed by atoms with Crippen molar-refractivity contribution in [3.8, 4) is 0 Å². The van der Waals surface area contributed by atoms with E-state index in [1.807, 2.05) is 0 Å². The van der Waals surface area contributed by atoms with E-state index < -0.39 is 0 Å². The fourth-order valence-corrected chi connectivity index (χ4v) is 41.2. The molecule has 0 aliphatic carbocycles. The summed E-state index contributed by atoms with van der Waals surface area (Å²) in [6.45, 7) is 7.26. The summed E-state index contributed by atoms with van der Waals surface area (Å²) >= 11 is 0. The summed E-state index contributed by atoms with van der Waals surface area (Å²) in [5, 5.41) is 0.487. The van der Waals surface area contributed by atoms with Crippen molar-refractivity contribution >= 4 is 64.9 Å². The predicted molar refractivity (Wildman–Crippen MR) is 86.3 cm³/mol. The van der Waals surface area contributed by atoms with E-state index in [2.05, 4.69) is 56.5 Å². The zero-order chi connectivity index (χ0) is 9.94. The molecule has 0 bridgehead atoms.